The molecule has 0 fully saturated rings. The van der Waals surface area contributed by atoms with Gasteiger partial charge in [0.25, 0.3) is 0 Å². The van der Waals surface area contributed by atoms with Gasteiger partial charge in [0.05, 0.1) is 0 Å². The summed E-state index contributed by atoms with van der Waals surface area (Å²) in [6.45, 7) is 17.1. The first-order valence-corrected chi connectivity index (χ1v) is 14.5. The van der Waals surface area contributed by atoms with Crippen molar-refractivity contribution in [2.75, 3.05) is 4.90 Å². The Balaban J connectivity index is 1.83. The van der Waals surface area contributed by atoms with Crippen LogP contribution in [0.5, 0.6) is 5.75 Å². The maximum Gasteiger partial charge on any atom is 0.127 e. The van der Waals surface area contributed by atoms with Crippen LogP contribution in [-0.4, -0.2) is 5.11 Å². The minimum absolute atomic E-state index is 0.00581. The van der Waals surface area contributed by atoms with Crippen molar-refractivity contribution >= 4 is 24.9 Å². The van der Waals surface area contributed by atoms with Gasteiger partial charge in [-0.3, -0.25) is 0 Å². The number of phenolic OH excluding ortho intramolecular Hbond substituents is 1. The van der Waals surface area contributed by atoms with Gasteiger partial charge < -0.3 is 10.0 Å². The van der Waals surface area contributed by atoms with Crippen LogP contribution in [0.3, 0.4) is 0 Å². The Hall–Kier alpha value is -3.09. The molecule has 0 saturated carbocycles. The van der Waals surface area contributed by atoms with E-state index in [2.05, 4.69) is 144 Å². The van der Waals surface area contributed by atoms with E-state index in [1.54, 1.807) is 0 Å². The van der Waals surface area contributed by atoms with Crippen molar-refractivity contribution < 1.29 is 5.11 Å². The fourth-order valence-corrected chi connectivity index (χ4v) is 6.18. The topological polar surface area (TPSA) is 23.5 Å². The van der Waals surface area contributed by atoms with Gasteiger partial charge in [-0.05, 0) is 52.1 Å². The Kier molecular flexibility index (Phi) is 8.34. The molecular formula is C35H42NOP. The summed E-state index contributed by atoms with van der Waals surface area (Å²) in [5.74, 6) is 0.440. The number of anilines is 1. The number of hydrogen-bond donors (Lipinski definition) is 1. The predicted octanol–water partition coefficient (Wildman–Crippen LogP) is 8.13. The van der Waals surface area contributed by atoms with E-state index in [4.69, 9.17) is 0 Å². The van der Waals surface area contributed by atoms with Crippen molar-refractivity contribution in [1.82, 2.24) is 0 Å². The van der Waals surface area contributed by atoms with E-state index >= 15 is 0 Å². The molecule has 3 heteroatoms. The lowest BCUT2D eigenvalue weighted by molar-refractivity contribution is 0.449. The molecule has 1 unspecified atom stereocenters. The Morgan fingerprint density at radius 2 is 1.24 bits per heavy atom. The zero-order valence-electron chi connectivity index (χ0n) is 24.0. The monoisotopic (exact) mass is 523 g/mol. The molecule has 0 amide bonds. The van der Waals surface area contributed by atoms with Gasteiger partial charge in [-0.2, -0.15) is 0 Å². The van der Waals surface area contributed by atoms with Crippen LogP contribution in [0.25, 0.3) is 0 Å². The van der Waals surface area contributed by atoms with Crippen LogP contribution in [0.2, 0.25) is 0 Å². The van der Waals surface area contributed by atoms with E-state index in [0.29, 0.717) is 14.3 Å². The van der Waals surface area contributed by atoms with Crippen LogP contribution in [0, 0.1) is 6.92 Å². The molecule has 198 valence electrons. The summed E-state index contributed by atoms with van der Waals surface area (Å²) in [5, 5.41) is 13.9. The SMILES string of the molecule is Cc1cccc(N(Cc2ccccc2)Cc2ccccc2)c1Pc1cc(C(C)(C)C)cc(C(C)(C)C)c1O. The Labute approximate surface area is 231 Å². The third-order valence-electron chi connectivity index (χ3n) is 7.07. The number of nitrogens with zero attached hydrogens (tertiary/aromatic N) is 1. The first-order valence-electron chi connectivity index (χ1n) is 13.5. The summed E-state index contributed by atoms with van der Waals surface area (Å²) in [5.41, 5.74) is 7.19. The second-order valence-corrected chi connectivity index (χ2v) is 13.6. The average Bonchev–Trinajstić information content (AvgIpc) is 2.86. The van der Waals surface area contributed by atoms with Gasteiger partial charge in [0.2, 0.25) is 0 Å². The average molecular weight is 524 g/mol. The summed E-state index contributed by atoms with van der Waals surface area (Å²) >= 11 is 0. The third-order valence-corrected chi connectivity index (χ3v) is 8.62. The van der Waals surface area contributed by atoms with Crippen LogP contribution < -0.4 is 15.5 Å². The van der Waals surface area contributed by atoms with Crippen LogP contribution in [-0.2, 0) is 23.9 Å². The van der Waals surface area contributed by atoms with Crippen molar-refractivity contribution in [1.29, 1.82) is 0 Å². The summed E-state index contributed by atoms with van der Waals surface area (Å²) in [6.07, 6.45) is 0. The van der Waals surface area contributed by atoms with Crippen molar-refractivity contribution in [2.24, 2.45) is 0 Å². The molecule has 0 bridgehead atoms. The highest BCUT2D eigenvalue weighted by atomic mass is 31.1. The van der Waals surface area contributed by atoms with Crippen molar-refractivity contribution in [3.05, 3.63) is 119 Å². The summed E-state index contributed by atoms with van der Waals surface area (Å²) in [7, 11) is 0.347. The Morgan fingerprint density at radius 1 is 0.684 bits per heavy atom. The van der Waals surface area contributed by atoms with Crippen LogP contribution in [0.4, 0.5) is 5.69 Å². The first-order chi connectivity index (χ1) is 17.9. The van der Waals surface area contributed by atoms with Gasteiger partial charge in [0.15, 0.2) is 0 Å². The molecular weight excluding hydrogens is 481 g/mol. The molecule has 4 aromatic carbocycles. The molecule has 0 radical (unpaired) electrons. The summed E-state index contributed by atoms with van der Waals surface area (Å²) in [4.78, 5) is 2.48. The smallest absolute Gasteiger partial charge is 0.127 e. The lowest BCUT2D eigenvalue weighted by Crippen LogP contribution is -2.28. The Bertz CT molecular complexity index is 1320. The standard InChI is InChI=1S/C35H42NOP/c1-25-15-14-20-30(36(23-26-16-10-8-11-17-26)24-27-18-12-9-13-19-27)33(25)38-31-22-28(34(2,3)4)21-29(32(31)37)35(5,6)7/h8-22,37-38H,23-24H2,1-7H3. The van der Waals surface area contributed by atoms with Crippen LogP contribution in [0.15, 0.2) is 91.0 Å². The van der Waals surface area contributed by atoms with Crippen molar-refractivity contribution in [3.8, 4) is 5.75 Å². The lowest BCUT2D eigenvalue weighted by atomic mass is 9.80. The molecule has 0 saturated heterocycles. The number of benzene rings is 4. The first kappa shape index (κ1) is 27.9. The van der Waals surface area contributed by atoms with Gasteiger partial charge in [-0.15, -0.1) is 0 Å². The maximum absolute atomic E-state index is 11.6. The molecule has 4 aromatic rings. The summed E-state index contributed by atoms with van der Waals surface area (Å²) < 4.78 is 0. The van der Waals surface area contributed by atoms with E-state index in [1.807, 2.05) is 0 Å². The van der Waals surface area contributed by atoms with Gasteiger partial charge >= 0.3 is 0 Å². The number of hydrogen-bond acceptors (Lipinski definition) is 2. The van der Waals surface area contributed by atoms with Gasteiger partial charge in [0, 0.05) is 34.9 Å². The van der Waals surface area contributed by atoms with E-state index in [1.165, 1.54) is 33.2 Å². The number of aryl methyl sites for hydroxylation is 1. The summed E-state index contributed by atoms with van der Waals surface area (Å²) in [6, 6.07) is 32.4. The molecule has 38 heavy (non-hydrogen) atoms. The highest BCUT2D eigenvalue weighted by molar-refractivity contribution is 7.56. The normalized spacial score (nSPS) is 12.3. The lowest BCUT2D eigenvalue weighted by Gasteiger charge is -2.30. The van der Waals surface area contributed by atoms with E-state index < -0.39 is 0 Å². The fraction of sp³-hybridized carbons (Fsp3) is 0.314. The van der Waals surface area contributed by atoms with Gasteiger partial charge in [-0.1, -0.05) is 129 Å². The number of aromatic hydroxyl groups is 1. The largest absolute Gasteiger partial charge is 0.507 e. The minimum atomic E-state index is -0.147. The second-order valence-electron chi connectivity index (χ2n) is 12.3. The molecule has 0 aliphatic rings. The minimum Gasteiger partial charge on any atom is -0.507 e. The molecule has 1 atom stereocenters. The zero-order chi connectivity index (χ0) is 27.5. The molecule has 4 rings (SSSR count). The van der Waals surface area contributed by atoms with E-state index in [-0.39, 0.29) is 10.8 Å². The molecule has 0 aliphatic heterocycles. The second kappa shape index (κ2) is 11.3. The van der Waals surface area contributed by atoms with Gasteiger partial charge in [-0.25, -0.2) is 0 Å². The van der Waals surface area contributed by atoms with Crippen LogP contribution in [0.1, 0.15) is 69.4 Å². The zero-order valence-corrected chi connectivity index (χ0v) is 25.0. The fourth-order valence-electron chi connectivity index (χ4n) is 4.78. The number of rotatable bonds is 7. The highest BCUT2D eigenvalue weighted by Gasteiger charge is 2.26. The molecule has 0 spiro atoms. The van der Waals surface area contributed by atoms with E-state index in [0.717, 1.165) is 24.0 Å². The molecule has 1 N–H and O–H groups in total. The maximum atomic E-state index is 11.6. The quantitative estimate of drug-likeness (QED) is 0.247. The molecule has 0 heterocycles. The predicted molar refractivity (Wildman–Crippen MR) is 167 cm³/mol. The van der Waals surface area contributed by atoms with Crippen molar-refractivity contribution in [3.63, 3.8) is 0 Å². The Morgan fingerprint density at radius 3 is 1.74 bits per heavy atom. The van der Waals surface area contributed by atoms with Gasteiger partial charge in [0.1, 0.15) is 5.75 Å². The molecule has 2 nitrogen and oxygen atoms in total. The van der Waals surface area contributed by atoms with Crippen molar-refractivity contribution in [2.45, 2.75) is 72.4 Å². The molecule has 0 aliphatic carbocycles. The number of phenols is 1. The third kappa shape index (κ3) is 6.66. The van der Waals surface area contributed by atoms with E-state index in [9.17, 15) is 5.11 Å². The highest BCUT2D eigenvalue weighted by Crippen LogP contribution is 2.37. The molecule has 0 aromatic heterocycles. The van der Waals surface area contributed by atoms with Crippen LogP contribution >= 0.6 is 8.58 Å².